The molecule has 0 aliphatic carbocycles. The number of rotatable bonds is 6. The van der Waals surface area contributed by atoms with Crippen LogP contribution in [0.1, 0.15) is 24.1 Å². The van der Waals surface area contributed by atoms with Gasteiger partial charge in [-0.3, -0.25) is 4.98 Å². The number of halogens is 2. The third kappa shape index (κ3) is 5.32. The van der Waals surface area contributed by atoms with Crippen molar-refractivity contribution in [3.63, 3.8) is 0 Å². The second-order valence-corrected chi connectivity index (χ2v) is 5.21. The summed E-state index contributed by atoms with van der Waals surface area (Å²) in [7, 11) is 0. The van der Waals surface area contributed by atoms with Gasteiger partial charge in [-0.05, 0) is 30.2 Å². The van der Waals surface area contributed by atoms with Gasteiger partial charge in [0.1, 0.15) is 0 Å². The molecule has 2 amide bonds. The van der Waals surface area contributed by atoms with Crippen LogP contribution in [0.5, 0.6) is 0 Å². The Labute approximate surface area is 134 Å². The second-order valence-electron chi connectivity index (χ2n) is 5.21. The van der Waals surface area contributed by atoms with E-state index in [1.165, 1.54) is 0 Å². The number of hydrogen-bond donors (Lipinski definition) is 1. The quantitative estimate of drug-likeness (QED) is 0.884. The highest BCUT2D eigenvalue weighted by Crippen LogP contribution is 2.13. The molecular formula is C17H19F2N3O. The molecule has 1 heterocycles. The monoisotopic (exact) mass is 319 g/mol. The molecule has 0 unspecified atom stereocenters. The summed E-state index contributed by atoms with van der Waals surface area (Å²) in [5, 5.41) is 2.75. The predicted molar refractivity (Wildman–Crippen MR) is 84.0 cm³/mol. The molecule has 1 aromatic carbocycles. The molecular weight excluding hydrogens is 300 g/mol. The standard InChI is InChI=1S/C17H19F2N3O/c1-13(15-7-9-20-10-8-15)21-17(23)22(12-16(18)19)11-14-5-3-2-4-6-14/h2-10,13,16H,11-12H2,1H3,(H,21,23)/t13-/m0/s1. The van der Waals surface area contributed by atoms with Gasteiger partial charge in [0.25, 0.3) is 6.43 Å². The Hall–Kier alpha value is -2.50. The van der Waals surface area contributed by atoms with Crippen LogP contribution in [-0.4, -0.2) is 28.9 Å². The van der Waals surface area contributed by atoms with E-state index in [9.17, 15) is 13.6 Å². The Morgan fingerprint density at radius 1 is 1.17 bits per heavy atom. The Balaban J connectivity index is 2.04. The Kier molecular flexibility index (Phi) is 6.02. The van der Waals surface area contributed by atoms with Crippen LogP contribution in [0.25, 0.3) is 0 Å². The first-order valence-corrected chi connectivity index (χ1v) is 7.33. The SMILES string of the molecule is C[C@H](NC(=O)N(Cc1ccccc1)CC(F)F)c1ccncc1. The van der Waals surface area contributed by atoms with Crippen molar-refractivity contribution in [3.05, 3.63) is 66.0 Å². The lowest BCUT2D eigenvalue weighted by molar-refractivity contribution is 0.0949. The molecule has 6 heteroatoms. The van der Waals surface area contributed by atoms with Crippen molar-refractivity contribution in [1.82, 2.24) is 15.2 Å². The van der Waals surface area contributed by atoms with Crippen LogP contribution in [-0.2, 0) is 6.54 Å². The summed E-state index contributed by atoms with van der Waals surface area (Å²) < 4.78 is 25.6. The maximum atomic E-state index is 12.8. The van der Waals surface area contributed by atoms with Crippen LogP contribution >= 0.6 is 0 Å². The Bertz CT molecular complexity index is 608. The first kappa shape index (κ1) is 16.9. The molecule has 0 fully saturated rings. The predicted octanol–water partition coefficient (Wildman–Crippen LogP) is 3.62. The molecule has 2 rings (SSSR count). The molecule has 0 saturated carbocycles. The fourth-order valence-corrected chi connectivity index (χ4v) is 2.20. The van der Waals surface area contributed by atoms with Gasteiger partial charge in [-0.15, -0.1) is 0 Å². The number of carbonyl (C=O) groups is 1. The van der Waals surface area contributed by atoms with Gasteiger partial charge in [0, 0.05) is 18.9 Å². The molecule has 0 aliphatic heterocycles. The van der Waals surface area contributed by atoms with Gasteiger partial charge < -0.3 is 10.2 Å². The lowest BCUT2D eigenvalue weighted by Gasteiger charge is -2.25. The Morgan fingerprint density at radius 2 is 1.83 bits per heavy atom. The van der Waals surface area contributed by atoms with Crippen molar-refractivity contribution in [1.29, 1.82) is 0 Å². The van der Waals surface area contributed by atoms with E-state index in [2.05, 4.69) is 10.3 Å². The van der Waals surface area contributed by atoms with Crippen LogP contribution in [0.15, 0.2) is 54.9 Å². The highest BCUT2D eigenvalue weighted by molar-refractivity contribution is 5.74. The maximum absolute atomic E-state index is 12.8. The molecule has 2 aromatic rings. The van der Waals surface area contributed by atoms with Crippen molar-refractivity contribution < 1.29 is 13.6 Å². The molecule has 1 atom stereocenters. The van der Waals surface area contributed by atoms with E-state index in [4.69, 9.17) is 0 Å². The molecule has 0 saturated heterocycles. The molecule has 0 radical (unpaired) electrons. The topological polar surface area (TPSA) is 45.2 Å². The summed E-state index contributed by atoms with van der Waals surface area (Å²) in [5.74, 6) is 0. The van der Waals surface area contributed by atoms with E-state index in [1.54, 1.807) is 43.6 Å². The highest BCUT2D eigenvalue weighted by Gasteiger charge is 2.20. The van der Waals surface area contributed by atoms with Crippen LogP contribution < -0.4 is 5.32 Å². The van der Waals surface area contributed by atoms with Gasteiger partial charge >= 0.3 is 6.03 Å². The highest BCUT2D eigenvalue weighted by atomic mass is 19.3. The van der Waals surface area contributed by atoms with E-state index < -0.39 is 19.0 Å². The number of hydrogen-bond acceptors (Lipinski definition) is 2. The normalized spacial score (nSPS) is 12.0. The summed E-state index contributed by atoms with van der Waals surface area (Å²) in [5.41, 5.74) is 1.67. The summed E-state index contributed by atoms with van der Waals surface area (Å²) in [6.45, 7) is 1.33. The lowest BCUT2D eigenvalue weighted by Crippen LogP contribution is -2.42. The average Bonchev–Trinajstić information content (AvgIpc) is 2.55. The summed E-state index contributed by atoms with van der Waals surface area (Å²) >= 11 is 0. The van der Waals surface area contributed by atoms with Crippen molar-refractivity contribution >= 4 is 6.03 Å². The van der Waals surface area contributed by atoms with Gasteiger partial charge in [0.05, 0.1) is 12.6 Å². The number of alkyl halides is 2. The molecule has 0 bridgehead atoms. The van der Waals surface area contributed by atoms with E-state index in [0.29, 0.717) is 0 Å². The second kappa shape index (κ2) is 8.22. The molecule has 23 heavy (non-hydrogen) atoms. The van der Waals surface area contributed by atoms with E-state index in [-0.39, 0.29) is 12.6 Å². The zero-order valence-corrected chi connectivity index (χ0v) is 12.8. The van der Waals surface area contributed by atoms with Crippen molar-refractivity contribution in [2.75, 3.05) is 6.54 Å². The first-order chi connectivity index (χ1) is 11.1. The number of amides is 2. The minimum atomic E-state index is -2.58. The zero-order chi connectivity index (χ0) is 16.7. The fourth-order valence-electron chi connectivity index (χ4n) is 2.20. The third-order valence-corrected chi connectivity index (χ3v) is 3.41. The largest absolute Gasteiger partial charge is 0.331 e. The van der Waals surface area contributed by atoms with Crippen LogP contribution in [0, 0.1) is 0 Å². The summed E-state index contributed by atoms with van der Waals surface area (Å²) in [6.07, 6.45) is 0.665. The first-order valence-electron chi connectivity index (χ1n) is 7.33. The molecule has 1 N–H and O–H groups in total. The molecule has 0 aliphatic rings. The average molecular weight is 319 g/mol. The number of carbonyl (C=O) groups excluding carboxylic acids is 1. The number of nitrogens with one attached hydrogen (secondary N) is 1. The van der Waals surface area contributed by atoms with Crippen LogP contribution in [0.3, 0.4) is 0 Å². The fraction of sp³-hybridized carbons (Fsp3) is 0.294. The summed E-state index contributed by atoms with van der Waals surface area (Å²) in [6, 6.07) is 11.8. The van der Waals surface area contributed by atoms with E-state index in [0.717, 1.165) is 16.0 Å². The van der Waals surface area contributed by atoms with Crippen molar-refractivity contribution in [3.8, 4) is 0 Å². The number of aromatic nitrogens is 1. The van der Waals surface area contributed by atoms with Gasteiger partial charge in [-0.25, -0.2) is 13.6 Å². The number of pyridine rings is 1. The number of benzene rings is 1. The van der Waals surface area contributed by atoms with Gasteiger partial charge in [0.15, 0.2) is 0 Å². The Morgan fingerprint density at radius 3 is 2.43 bits per heavy atom. The number of urea groups is 1. The van der Waals surface area contributed by atoms with E-state index in [1.807, 2.05) is 18.2 Å². The molecule has 4 nitrogen and oxygen atoms in total. The van der Waals surface area contributed by atoms with Gasteiger partial charge in [-0.1, -0.05) is 30.3 Å². The van der Waals surface area contributed by atoms with Crippen molar-refractivity contribution in [2.45, 2.75) is 25.9 Å². The van der Waals surface area contributed by atoms with Gasteiger partial charge in [0.2, 0.25) is 0 Å². The third-order valence-electron chi connectivity index (χ3n) is 3.41. The van der Waals surface area contributed by atoms with E-state index >= 15 is 0 Å². The molecule has 0 spiro atoms. The minimum absolute atomic E-state index is 0.139. The molecule has 1 aromatic heterocycles. The summed E-state index contributed by atoms with van der Waals surface area (Å²) in [4.78, 5) is 17.4. The zero-order valence-electron chi connectivity index (χ0n) is 12.8. The van der Waals surface area contributed by atoms with Gasteiger partial charge in [-0.2, -0.15) is 0 Å². The number of nitrogens with zero attached hydrogens (tertiary/aromatic N) is 2. The van der Waals surface area contributed by atoms with Crippen LogP contribution in [0.4, 0.5) is 13.6 Å². The smallest absolute Gasteiger partial charge is 0.318 e. The lowest BCUT2D eigenvalue weighted by atomic mass is 10.1. The van der Waals surface area contributed by atoms with Crippen LogP contribution in [0.2, 0.25) is 0 Å². The minimum Gasteiger partial charge on any atom is -0.331 e. The maximum Gasteiger partial charge on any atom is 0.318 e. The molecule has 122 valence electrons. The van der Waals surface area contributed by atoms with Crippen molar-refractivity contribution in [2.24, 2.45) is 0 Å².